The van der Waals surface area contributed by atoms with E-state index in [-0.39, 0.29) is 18.9 Å². The third-order valence-electron chi connectivity index (χ3n) is 4.15. The first-order valence-electron chi connectivity index (χ1n) is 7.08. The first-order chi connectivity index (χ1) is 10.6. The third kappa shape index (κ3) is 1.86. The number of carboxylic acid groups (broad SMARTS) is 1. The Kier molecular flexibility index (Phi) is 2.69. The molecule has 1 aliphatic rings. The molecular weight excluding hydrogens is 282 g/mol. The number of para-hydroxylation sites is 1. The van der Waals surface area contributed by atoms with Crippen molar-refractivity contribution in [1.29, 1.82) is 0 Å². The second kappa shape index (κ2) is 4.59. The molecule has 110 valence electrons. The van der Waals surface area contributed by atoms with Gasteiger partial charge in [-0.1, -0.05) is 18.2 Å². The van der Waals surface area contributed by atoms with Crippen molar-refractivity contribution < 1.29 is 19.1 Å². The van der Waals surface area contributed by atoms with Gasteiger partial charge in [0.25, 0.3) is 0 Å². The average Bonchev–Trinajstić information content (AvgIpc) is 3.07. The Morgan fingerprint density at radius 2 is 1.91 bits per heavy atom. The zero-order valence-corrected chi connectivity index (χ0v) is 11.7. The molecule has 1 saturated heterocycles. The highest BCUT2D eigenvalue weighted by molar-refractivity contribution is 6.07. The standard InChI is InChI=1S/C17H13NO4/c19-16-7-10(17(20)21)9-18(16)11-5-6-13-12-3-1-2-4-14(12)22-15(13)8-11/h1-6,8,10H,7,9H2,(H,20,21)/t10-/m0/s1. The molecule has 1 N–H and O–H groups in total. The van der Waals surface area contributed by atoms with E-state index in [1.54, 1.807) is 6.07 Å². The van der Waals surface area contributed by atoms with Crippen LogP contribution in [0.4, 0.5) is 5.69 Å². The van der Waals surface area contributed by atoms with Gasteiger partial charge < -0.3 is 14.4 Å². The van der Waals surface area contributed by atoms with Crippen LogP contribution in [0.25, 0.3) is 21.9 Å². The van der Waals surface area contributed by atoms with Crippen LogP contribution in [0, 0.1) is 5.92 Å². The number of carboxylic acids is 1. The molecule has 0 bridgehead atoms. The molecular formula is C17H13NO4. The van der Waals surface area contributed by atoms with Crippen LogP contribution in [0.15, 0.2) is 46.9 Å². The van der Waals surface area contributed by atoms with E-state index < -0.39 is 11.9 Å². The maximum absolute atomic E-state index is 12.0. The predicted octanol–water partition coefficient (Wildman–Crippen LogP) is 3.02. The van der Waals surface area contributed by atoms with Gasteiger partial charge in [0.2, 0.25) is 5.91 Å². The van der Waals surface area contributed by atoms with Gasteiger partial charge in [-0.3, -0.25) is 9.59 Å². The van der Waals surface area contributed by atoms with E-state index in [4.69, 9.17) is 9.52 Å². The van der Waals surface area contributed by atoms with Gasteiger partial charge in [-0.25, -0.2) is 0 Å². The molecule has 4 rings (SSSR count). The SMILES string of the molecule is O=C(O)[C@H]1CC(=O)N(c2ccc3c(c2)oc2ccccc23)C1. The van der Waals surface area contributed by atoms with Gasteiger partial charge >= 0.3 is 5.97 Å². The lowest BCUT2D eigenvalue weighted by Gasteiger charge is -2.15. The van der Waals surface area contributed by atoms with Gasteiger partial charge in [0, 0.05) is 35.5 Å². The molecule has 0 unspecified atom stereocenters. The zero-order valence-electron chi connectivity index (χ0n) is 11.7. The summed E-state index contributed by atoms with van der Waals surface area (Å²) in [4.78, 5) is 24.6. The van der Waals surface area contributed by atoms with Crippen molar-refractivity contribution in [3.05, 3.63) is 42.5 Å². The number of hydrogen-bond donors (Lipinski definition) is 1. The molecule has 1 aliphatic heterocycles. The molecule has 2 aromatic carbocycles. The first kappa shape index (κ1) is 12.9. The number of furan rings is 1. The van der Waals surface area contributed by atoms with E-state index in [2.05, 4.69) is 0 Å². The Labute approximate surface area is 125 Å². The molecule has 0 aliphatic carbocycles. The smallest absolute Gasteiger partial charge is 0.308 e. The van der Waals surface area contributed by atoms with Crippen LogP contribution in [0.2, 0.25) is 0 Å². The molecule has 5 nitrogen and oxygen atoms in total. The van der Waals surface area contributed by atoms with Gasteiger partial charge in [0.05, 0.1) is 5.92 Å². The van der Waals surface area contributed by atoms with E-state index in [1.165, 1.54) is 4.90 Å². The third-order valence-corrected chi connectivity index (χ3v) is 4.15. The van der Waals surface area contributed by atoms with Crippen LogP contribution in [0.3, 0.4) is 0 Å². The Balaban J connectivity index is 1.78. The molecule has 5 heteroatoms. The summed E-state index contributed by atoms with van der Waals surface area (Å²) in [6.45, 7) is 0.208. The lowest BCUT2D eigenvalue weighted by Crippen LogP contribution is -2.25. The monoisotopic (exact) mass is 295 g/mol. The Hall–Kier alpha value is -2.82. The van der Waals surface area contributed by atoms with Crippen LogP contribution in [-0.2, 0) is 9.59 Å². The summed E-state index contributed by atoms with van der Waals surface area (Å²) in [7, 11) is 0. The van der Waals surface area contributed by atoms with Crippen LogP contribution < -0.4 is 4.90 Å². The summed E-state index contributed by atoms with van der Waals surface area (Å²) in [5.41, 5.74) is 2.18. The van der Waals surface area contributed by atoms with Crippen LogP contribution in [0.5, 0.6) is 0 Å². The highest BCUT2D eigenvalue weighted by Crippen LogP contribution is 2.33. The van der Waals surface area contributed by atoms with E-state index in [0.29, 0.717) is 11.3 Å². The molecule has 0 saturated carbocycles. The molecule has 1 atom stereocenters. The number of anilines is 1. The van der Waals surface area contributed by atoms with Crippen molar-refractivity contribution >= 4 is 39.5 Å². The Morgan fingerprint density at radius 1 is 1.14 bits per heavy atom. The molecule has 1 fully saturated rings. The number of carbonyl (C=O) groups is 2. The van der Waals surface area contributed by atoms with Crippen molar-refractivity contribution in [2.45, 2.75) is 6.42 Å². The molecule has 0 radical (unpaired) electrons. The van der Waals surface area contributed by atoms with Crippen molar-refractivity contribution in [2.24, 2.45) is 5.92 Å². The number of aliphatic carboxylic acids is 1. The number of hydrogen-bond acceptors (Lipinski definition) is 3. The summed E-state index contributed by atoms with van der Waals surface area (Å²) in [6, 6.07) is 13.3. The quantitative estimate of drug-likeness (QED) is 0.789. The molecule has 3 aromatic rings. The minimum Gasteiger partial charge on any atom is -0.481 e. The normalized spacial score (nSPS) is 18.5. The number of amides is 1. The number of fused-ring (bicyclic) bond motifs is 3. The van der Waals surface area contributed by atoms with Crippen molar-refractivity contribution in [1.82, 2.24) is 0 Å². The number of nitrogens with zero attached hydrogens (tertiary/aromatic N) is 1. The van der Waals surface area contributed by atoms with Crippen LogP contribution >= 0.6 is 0 Å². The van der Waals surface area contributed by atoms with Gasteiger partial charge in [0.1, 0.15) is 11.2 Å². The number of benzene rings is 2. The van der Waals surface area contributed by atoms with Crippen molar-refractivity contribution in [3.63, 3.8) is 0 Å². The summed E-state index contributed by atoms with van der Waals surface area (Å²) in [5, 5.41) is 11.1. The van der Waals surface area contributed by atoms with Gasteiger partial charge in [-0.05, 0) is 18.2 Å². The maximum atomic E-state index is 12.0. The van der Waals surface area contributed by atoms with Crippen LogP contribution in [-0.4, -0.2) is 23.5 Å². The fourth-order valence-electron chi connectivity index (χ4n) is 3.01. The van der Waals surface area contributed by atoms with Crippen molar-refractivity contribution in [3.8, 4) is 0 Å². The molecule has 1 aromatic heterocycles. The lowest BCUT2D eigenvalue weighted by molar-refractivity contribution is -0.141. The second-order valence-corrected chi connectivity index (χ2v) is 5.52. The topological polar surface area (TPSA) is 70.8 Å². The summed E-state index contributed by atoms with van der Waals surface area (Å²) >= 11 is 0. The lowest BCUT2D eigenvalue weighted by atomic mass is 10.1. The van der Waals surface area contributed by atoms with E-state index >= 15 is 0 Å². The van der Waals surface area contributed by atoms with E-state index in [9.17, 15) is 9.59 Å². The van der Waals surface area contributed by atoms with Crippen molar-refractivity contribution in [2.75, 3.05) is 11.4 Å². The highest BCUT2D eigenvalue weighted by Gasteiger charge is 2.35. The summed E-state index contributed by atoms with van der Waals surface area (Å²) in [6.07, 6.45) is 0.0491. The first-order valence-corrected chi connectivity index (χ1v) is 7.08. The molecule has 2 heterocycles. The summed E-state index contributed by atoms with van der Waals surface area (Å²) < 4.78 is 5.81. The number of carbonyl (C=O) groups excluding carboxylic acids is 1. The minimum atomic E-state index is -0.930. The Bertz CT molecular complexity index is 911. The fourth-order valence-corrected chi connectivity index (χ4v) is 3.01. The second-order valence-electron chi connectivity index (χ2n) is 5.52. The highest BCUT2D eigenvalue weighted by atomic mass is 16.4. The molecule has 22 heavy (non-hydrogen) atoms. The van der Waals surface area contributed by atoms with Gasteiger partial charge in [-0.2, -0.15) is 0 Å². The number of rotatable bonds is 2. The zero-order chi connectivity index (χ0) is 15.3. The van der Waals surface area contributed by atoms with E-state index in [1.807, 2.05) is 36.4 Å². The van der Waals surface area contributed by atoms with Crippen LogP contribution in [0.1, 0.15) is 6.42 Å². The fraction of sp³-hybridized carbons (Fsp3) is 0.176. The van der Waals surface area contributed by atoms with E-state index in [0.717, 1.165) is 16.4 Å². The predicted molar refractivity (Wildman–Crippen MR) is 81.8 cm³/mol. The summed E-state index contributed by atoms with van der Waals surface area (Å²) in [5.74, 6) is -1.73. The molecule has 1 amide bonds. The van der Waals surface area contributed by atoms with Gasteiger partial charge in [0.15, 0.2) is 0 Å². The minimum absolute atomic E-state index is 0.0491. The van der Waals surface area contributed by atoms with Gasteiger partial charge in [-0.15, -0.1) is 0 Å². The maximum Gasteiger partial charge on any atom is 0.308 e. The average molecular weight is 295 g/mol. The largest absolute Gasteiger partial charge is 0.481 e. The Morgan fingerprint density at radius 3 is 2.68 bits per heavy atom. The molecule has 0 spiro atoms.